The number of ether oxygens (including phenoxy) is 1. The second kappa shape index (κ2) is 12.3. The molecule has 1 fully saturated rings. The molecular formula is C19H27IN4O3. The van der Waals surface area contributed by atoms with Gasteiger partial charge in [-0.15, -0.1) is 24.0 Å². The molecule has 0 bridgehead atoms. The molecule has 1 aromatic carbocycles. The Balaban J connectivity index is 0.00000364. The van der Waals surface area contributed by atoms with Gasteiger partial charge in [-0.3, -0.25) is 19.5 Å². The number of hydrogen-bond donors (Lipinski definition) is 2. The van der Waals surface area contributed by atoms with Gasteiger partial charge in [-0.2, -0.15) is 0 Å². The minimum atomic E-state index is -0.0979. The lowest BCUT2D eigenvalue weighted by atomic mass is 10.1. The van der Waals surface area contributed by atoms with Gasteiger partial charge in [0.2, 0.25) is 11.8 Å². The Kier molecular flexibility index (Phi) is 10.5. The van der Waals surface area contributed by atoms with Gasteiger partial charge in [-0.25, -0.2) is 0 Å². The van der Waals surface area contributed by atoms with E-state index < -0.39 is 0 Å². The van der Waals surface area contributed by atoms with Crippen LogP contribution in [0.3, 0.4) is 0 Å². The number of carbonyl (C=O) groups is 2. The van der Waals surface area contributed by atoms with E-state index in [9.17, 15) is 9.59 Å². The summed E-state index contributed by atoms with van der Waals surface area (Å²) in [6, 6.07) is 7.75. The number of guanidine groups is 1. The predicted octanol–water partition coefficient (Wildman–Crippen LogP) is 2.07. The van der Waals surface area contributed by atoms with Crippen LogP contribution in [0, 0.1) is 0 Å². The highest BCUT2D eigenvalue weighted by Gasteiger charge is 2.25. The number of amides is 2. The van der Waals surface area contributed by atoms with Crippen LogP contribution in [0.5, 0.6) is 5.75 Å². The Morgan fingerprint density at radius 2 is 1.96 bits per heavy atom. The van der Waals surface area contributed by atoms with Crippen molar-refractivity contribution in [3.8, 4) is 5.75 Å². The zero-order valence-corrected chi connectivity index (χ0v) is 17.9. The number of likely N-dealkylation sites (tertiary alicyclic amines) is 1. The number of aliphatic imine (C=N–C) groups is 1. The van der Waals surface area contributed by atoms with E-state index in [4.69, 9.17) is 4.74 Å². The van der Waals surface area contributed by atoms with Crippen LogP contribution in [0.1, 0.15) is 24.8 Å². The van der Waals surface area contributed by atoms with E-state index >= 15 is 0 Å². The minimum absolute atomic E-state index is 0. The smallest absolute Gasteiger partial charge is 0.229 e. The average Bonchev–Trinajstić information content (AvgIpc) is 2.65. The number of para-hydroxylation sites is 1. The SMILES string of the molecule is C=CCOc1ccccc1CNC(=NC)NCCN1C(=O)CCCC1=O.I. The third-order valence-electron chi connectivity index (χ3n) is 4.01. The van der Waals surface area contributed by atoms with Crippen molar-refractivity contribution in [2.24, 2.45) is 4.99 Å². The minimum Gasteiger partial charge on any atom is -0.489 e. The lowest BCUT2D eigenvalue weighted by molar-refractivity contribution is -0.147. The molecule has 2 amide bonds. The van der Waals surface area contributed by atoms with Gasteiger partial charge in [0.1, 0.15) is 12.4 Å². The molecule has 1 heterocycles. The van der Waals surface area contributed by atoms with Crippen molar-refractivity contribution < 1.29 is 14.3 Å². The van der Waals surface area contributed by atoms with Gasteiger partial charge < -0.3 is 15.4 Å². The van der Waals surface area contributed by atoms with Crippen molar-refractivity contribution in [1.82, 2.24) is 15.5 Å². The standard InChI is InChI=1S/C19H26N4O3.HI/c1-3-13-26-16-8-5-4-7-15(16)14-22-19(20-2)21-11-12-23-17(24)9-6-10-18(23)25;/h3-5,7-8H,1,6,9-14H2,2H3,(H2,20,21,22);1H. The number of hydrogen-bond acceptors (Lipinski definition) is 4. The van der Waals surface area contributed by atoms with E-state index in [2.05, 4.69) is 22.2 Å². The molecule has 0 aromatic heterocycles. The summed E-state index contributed by atoms with van der Waals surface area (Å²) in [4.78, 5) is 29.1. The van der Waals surface area contributed by atoms with E-state index in [-0.39, 0.29) is 35.8 Å². The first kappa shape index (κ1) is 22.9. The average molecular weight is 486 g/mol. The van der Waals surface area contributed by atoms with Gasteiger partial charge in [-0.1, -0.05) is 30.9 Å². The number of rotatable bonds is 8. The molecule has 0 saturated carbocycles. The van der Waals surface area contributed by atoms with Gasteiger partial charge >= 0.3 is 0 Å². The third kappa shape index (κ3) is 7.20. The Labute approximate surface area is 177 Å². The van der Waals surface area contributed by atoms with Crippen molar-refractivity contribution >= 4 is 41.8 Å². The zero-order valence-electron chi connectivity index (χ0n) is 15.6. The van der Waals surface area contributed by atoms with Crippen LogP contribution in [0.4, 0.5) is 0 Å². The van der Waals surface area contributed by atoms with E-state index in [1.54, 1.807) is 13.1 Å². The molecule has 1 saturated heterocycles. The molecule has 0 radical (unpaired) electrons. The summed E-state index contributed by atoms with van der Waals surface area (Å²) in [6.07, 6.45) is 3.24. The number of imide groups is 1. The fourth-order valence-corrected chi connectivity index (χ4v) is 2.67. The van der Waals surface area contributed by atoms with Crippen LogP contribution in [-0.2, 0) is 16.1 Å². The summed E-state index contributed by atoms with van der Waals surface area (Å²) in [7, 11) is 1.67. The summed E-state index contributed by atoms with van der Waals surface area (Å²) in [5.41, 5.74) is 0.999. The predicted molar refractivity (Wildman–Crippen MR) is 116 cm³/mol. The normalized spacial score (nSPS) is 14.4. The van der Waals surface area contributed by atoms with Gasteiger partial charge in [0, 0.05) is 45.1 Å². The highest BCUT2D eigenvalue weighted by atomic mass is 127. The van der Waals surface area contributed by atoms with Crippen molar-refractivity contribution in [2.45, 2.75) is 25.8 Å². The molecular weight excluding hydrogens is 459 g/mol. The molecule has 148 valence electrons. The molecule has 0 aliphatic carbocycles. The second-order valence-electron chi connectivity index (χ2n) is 5.85. The van der Waals surface area contributed by atoms with Crippen LogP contribution in [0.25, 0.3) is 0 Å². The quantitative estimate of drug-likeness (QED) is 0.193. The Morgan fingerprint density at radius 1 is 1.26 bits per heavy atom. The number of carbonyl (C=O) groups excluding carboxylic acids is 2. The Morgan fingerprint density at radius 3 is 2.63 bits per heavy atom. The first-order chi connectivity index (χ1) is 12.7. The number of nitrogens with one attached hydrogen (secondary N) is 2. The summed E-state index contributed by atoms with van der Waals surface area (Å²) in [6.45, 7) is 5.43. The molecule has 7 nitrogen and oxygen atoms in total. The van der Waals surface area contributed by atoms with Crippen LogP contribution in [-0.4, -0.2) is 49.4 Å². The second-order valence-corrected chi connectivity index (χ2v) is 5.85. The molecule has 1 aliphatic rings. The van der Waals surface area contributed by atoms with E-state index in [1.807, 2.05) is 24.3 Å². The van der Waals surface area contributed by atoms with Gasteiger partial charge in [0.25, 0.3) is 0 Å². The van der Waals surface area contributed by atoms with E-state index in [0.717, 1.165) is 11.3 Å². The van der Waals surface area contributed by atoms with Gasteiger partial charge in [0.15, 0.2) is 5.96 Å². The molecule has 0 spiro atoms. The van der Waals surface area contributed by atoms with Gasteiger partial charge in [0.05, 0.1) is 0 Å². The molecule has 8 heteroatoms. The topological polar surface area (TPSA) is 83.0 Å². The molecule has 27 heavy (non-hydrogen) atoms. The Bertz CT molecular complexity index is 663. The maximum absolute atomic E-state index is 11.8. The van der Waals surface area contributed by atoms with E-state index in [1.165, 1.54) is 4.90 Å². The van der Waals surface area contributed by atoms with Crippen LogP contribution < -0.4 is 15.4 Å². The summed E-state index contributed by atoms with van der Waals surface area (Å²) < 4.78 is 5.64. The van der Waals surface area contributed by atoms with Crippen LogP contribution >= 0.6 is 24.0 Å². The highest BCUT2D eigenvalue weighted by Crippen LogP contribution is 2.17. The number of halogens is 1. The molecule has 1 aromatic rings. The van der Waals surface area contributed by atoms with Gasteiger partial charge in [-0.05, 0) is 12.5 Å². The molecule has 2 N–H and O–H groups in total. The van der Waals surface area contributed by atoms with Crippen molar-refractivity contribution in [1.29, 1.82) is 0 Å². The number of piperidine rings is 1. The summed E-state index contributed by atoms with van der Waals surface area (Å²) in [5, 5.41) is 6.33. The molecule has 0 atom stereocenters. The zero-order chi connectivity index (χ0) is 18.8. The number of nitrogens with zero attached hydrogens (tertiary/aromatic N) is 2. The van der Waals surface area contributed by atoms with Crippen molar-refractivity contribution in [3.63, 3.8) is 0 Å². The largest absolute Gasteiger partial charge is 0.489 e. The first-order valence-electron chi connectivity index (χ1n) is 8.75. The summed E-state index contributed by atoms with van der Waals surface area (Å²) >= 11 is 0. The maximum atomic E-state index is 11.8. The monoisotopic (exact) mass is 486 g/mol. The summed E-state index contributed by atoms with van der Waals surface area (Å²) in [5.74, 6) is 1.19. The lowest BCUT2D eigenvalue weighted by Gasteiger charge is -2.25. The molecule has 0 unspecified atom stereocenters. The highest BCUT2D eigenvalue weighted by molar-refractivity contribution is 14.0. The van der Waals surface area contributed by atoms with Crippen LogP contribution in [0.15, 0.2) is 41.9 Å². The van der Waals surface area contributed by atoms with E-state index in [0.29, 0.717) is 51.5 Å². The fraction of sp³-hybridized carbons (Fsp3) is 0.421. The third-order valence-corrected chi connectivity index (χ3v) is 4.01. The first-order valence-corrected chi connectivity index (χ1v) is 8.75. The number of benzene rings is 1. The Hall–Kier alpha value is -2.10. The maximum Gasteiger partial charge on any atom is 0.229 e. The van der Waals surface area contributed by atoms with Crippen molar-refractivity contribution in [2.75, 3.05) is 26.7 Å². The lowest BCUT2D eigenvalue weighted by Crippen LogP contribution is -2.46. The molecule has 2 rings (SSSR count). The molecule has 1 aliphatic heterocycles. The fourth-order valence-electron chi connectivity index (χ4n) is 2.67. The van der Waals surface area contributed by atoms with Crippen molar-refractivity contribution in [3.05, 3.63) is 42.5 Å². The van der Waals surface area contributed by atoms with Crippen LogP contribution in [0.2, 0.25) is 0 Å².